The second kappa shape index (κ2) is 6.10. The van der Waals surface area contributed by atoms with Gasteiger partial charge >= 0.3 is 6.01 Å². The molecule has 1 aromatic heterocycles. The molecule has 112 valence electrons. The molecular formula is C13H22ClN5O. The summed E-state index contributed by atoms with van der Waals surface area (Å²) in [6.07, 6.45) is 2.32. The van der Waals surface area contributed by atoms with E-state index in [-0.39, 0.29) is 10.8 Å². The average molecular weight is 300 g/mol. The van der Waals surface area contributed by atoms with Crippen molar-refractivity contribution >= 4 is 17.5 Å². The van der Waals surface area contributed by atoms with E-state index >= 15 is 0 Å². The zero-order valence-electron chi connectivity index (χ0n) is 12.6. The van der Waals surface area contributed by atoms with Gasteiger partial charge in [-0.1, -0.05) is 0 Å². The van der Waals surface area contributed by atoms with E-state index < -0.39 is 0 Å². The lowest BCUT2D eigenvalue weighted by atomic mass is 10.1. The summed E-state index contributed by atoms with van der Waals surface area (Å²) in [5.41, 5.74) is -0.104. The van der Waals surface area contributed by atoms with Gasteiger partial charge in [0.05, 0.1) is 0 Å². The highest BCUT2D eigenvalue weighted by Crippen LogP contribution is 2.20. The Labute approximate surface area is 125 Å². The quantitative estimate of drug-likeness (QED) is 0.827. The monoisotopic (exact) mass is 299 g/mol. The highest BCUT2D eigenvalue weighted by Gasteiger charge is 2.23. The summed E-state index contributed by atoms with van der Waals surface area (Å²) < 4.78 is 5.70. The molecular weight excluding hydrogens is 278 g/mol. The Bertz CT molecular complexity index is 460. The normalized spacial score (nSPS) is 16.0. The van der Waals surface area contributed by atoms with Crippen LogP contribution in [-0.2, 0) is 0 Å². The van der Waals surface area contributed by atoms with Crippen LogP contribution in [0.5, 0.6) is 6.01 Å². The van der Waals surface area contributed by atoms with Crippen LogP contribution >= 0.6 is 11.6 Å². The van der Waals surface area contributed by atoms with Gasteiger partial charge in [0.2, 0.25) is 11.2 Å². The minimum absolute atomic E-state index is 0.104. The summed E-state index contributed by atoms with van der Waals surface area (Å²) in [7, 11) is 4.03. The van der Waals surface area contributed by atoms with Gasteiger partial charge in [-0.2, -0.15) is 15.0 Å². The first kappa shape index (κ1) is 15.3. The van der Waals surface area contributed by atoms with Crippen molar-refractivity contribution in [3.63, 3.8) is 0 Å². The number of aromatic nitrogens is 3. The van der Waals surface area contributed by atoms with Crippen LogP contribution < -0.4 is 9.64 Å². The third-order valence-corrected chi connectivity index (χ3v) is 3.90. The maximum Gasteiger partial charge on any atom is 0.322 e. The summed E-state index contributed by atoms with van der Waals surface area (Å²) in [6, 6.07) is 0.293. The van der Waals surface area contributed by atoms with E-state index in [4.69, 9.17) is 16.3 Å². The fourth-order valence-electron chi connectivity index (χ4n) is 1.82. The fourth-order valence-corrected chi connectivity index (χ4v) is 1.96. The van der Waals surface area contributed by atoms with E-state index in [2.05, 4.69) is 38.6 Å². The van der Waals surface area contributed by atoms with Crippen LogP contribution in [0.4, 0.5) is 5.95 Å². The predicted octanol–water partition coefficient (Wildman–Crippen LogP) is 1.84. The molecule has 0 saturated carbocycles. The molecule has 20 heavy (non-hydrogen) atoms. The second-order valence-corrected chi connectivity index (χ2v) is 6.21. The van der Waals surface area contributed by atoms with Gasteiger partial charge in [-0.05, 0) is 52.4 Å². The standard InChI is InChI=1S/C13H22ClN5O/c1-13(2,18(3)4)9-20-12-16-10(14)15-11(17-12)19-7-5-6-8-19/h5-9H2,1-4H3. The lowest BCUT2D eigenvalue weighted by molar-refractivity contribution is 0.107. The number of nitrogens with zero attached hydrogens (tertiary/aromatic N) is 5. The summed E-state index contributed by atoms with van der Waals surface area (Å²) in [6.45, 7) is 6.60. The molecule has 0 bridgehead atoms. The molecule has 1 aromatic rings. The van der Waals surface area contributed by atoms with Crippen molar-refractivity contribution < 1.29 is 4.74 Å². The average Bonchev–Trinajstić information content (AvgIpc) is 2.89. The largest absolute Gasteiger partial charge is 0.461 e. The zero-order valence-corrected chi connectivity index (χ0v) is 13.3. The molecule has 0 atom stereocenters. The molecule has 0 N–H and O–H groups in total. The van der Waals surface area contributed by atoms with Crippen LogP contribution in [0, 0.1) is 0 Å². The van der Waals surface area contributed by atoms with Crippen molar-refractivity contribution in [1.82, 2.24) is 19.9 Å². The highest BCUT2D eigenvalue weighted by molar-refractivity contribution is 6.28. The van der Waals surface area contributed by atoms with Gasteiger partial charge in [-0.25, -0.2) is 0 Å². The van der Waals surface area contributed by atoms with E-state index in [9.17, 15) is 0 Å². The molecule has 0 unspecified atom stereocenters. The second-order valence-electron chi connectivity index (χ2n) is 5.88. The Morgan fingerprint density at radius 3 is 2.45 bits per heavy atom. The highest BCUT2D eigenvalue weighted by atomic mass is 35.5. The van der Waals surface area contributed by atoms with Crippen molar-refractivity contribution in [3.8, 4) is 6.01 Å². The molecule has 0 aliphatic carbocycles. The Balaban J connectivity index is 2.08. The first-order chi connectivity index (χ1) is 9.38. The molecule has 6 nitrogen and oxygen atoms in total. The first-order valence-electron chi connectivity index (χ1n) is 6.85. The molecule has 0 spiro atoms. The summed E-state index contributed by atoms with van der Waals surface area (Å²) in [5, 5.41) is 0.180. The molecule has 1 fully saturated rings. The van der Waals surface area contributed by atoms with Gasteiger partial charge in [0.15, 0.2) is 0 Å². The molecule has 0 amide bonds. The van der Waals surface area contributed by atoms with E-state index in [1.807, 2.05) is 14.1 Å². The molecule has 2 heterocycles. The molecule has 0 aromatic carbocycles. The minimum Gasteiger partial charge on any atom is -0.461 e. The molecule has 1 aliphatic rings. The van der Waals surface area contributed by atoms with E-state index in [1.165, 1.54) is 0 Å². The SMILES string of the molecule is CN(C)C(C)(C)COc1nc(Cl)nc(N2CCCC2)n1. The number of hydrogen-bond donors (Lipinski definition) is 0. The van der Waals surface area contributed by atoms with E-state index in [0.29, 0.717) is 18.6 Å². The third kappa shape index (κ3) is 3.70. The molecule has 1 saturated heterocycles. The molecule has 7 heteroatoms. The predicted molar refractivity (Wildman–Crippen MR) is 79.5 cm³/mol. The molecule has 1 aliphatic heterocycles. The van der Waals surface area contributed by atoms with Crippen molar-refractivity contribution in [1.29, 1.82) is 0 Å². The topological polar surface area (TPSA) is 54.4 Å². The number of anilines is 1. The smallest absolute Gasteiger partial charge is 0.322 e. The van der Waals surface area contributed by atoms with Crippen LogP contribution in [0.3, 0.4) is 0 Å². The van der Waals surface area contributed by atoms with Gasteiger partial charge in [-0.15, -0.1) is 0 Å². The van der Waals surface area contributed by atoms with E-state index in [0.717, 1.165) is 25.9 Å². The fraction of sp³-hybridized carbons (Fsp3) is 0.769. The van der Waals surface area contributed by atoms with Gasteiger partial charge in [0.25, 0.3) is 0 Å². The van der Waals surface area contributed by atoms with E-state index in [1.54, 1.807) is 0 Å². The summed E-state index contributed by atoms with van der Waals surface area (Å²) >= 11 is 5.96. The van der Waals surface area contributed by atoms with Crippen LogP contribution in [0.25, 0.3) is 0 Å². The first-order valence-corrected chi connectivity index (χ1v) is 7.23. The number of ether oxygens (including phenoxy) is 1. The van der Waals surface area contributed by atoms with Gasteiger partial charge < -0.3 is 14.5 Å². The maximum absolute atomic E-state index is 5.96. The number of hydrogen-bond acceptors (Lipinski definition) is 6. The Morgan fingerprint density at radius 2 is 1.85 bits per heavy atom. The van der Waals surface area contributed by atoms with Crippen molar-refractivity contribution in [2.45, 2.75) is 32.2 Å². The maximum atomic E-state index is 5.96. The van der Waals surface area contributed by atoms with Crippen LogP contribution in [0.1, 0.15) is 26.7 Å². The Kier molecular flexibility index (Phi) is 4.65. The summed E-state index contributed by atoms with van der Waals surface area (Å²) in [5.74, 6) is 0.611. The van der Waals surface area contributed by atoms with Crippen molar-refractivity contribution in [2.24, 2.45) is 0 Å². The minimum atomic E-state index is -0.104. The third-order valence-electron chi connectivity index (χ3n) is 3.73. The lowest BCUT2D eigenvalue weighted by Crippen LogP contribution is -2.43. The lowest BCUT2D eigenvalue weighted by Gasteiger charge is -2.31. The van der Waals surface area contributed by atoms with Crippen LogP contribution in [0.15, 0.2) is 0 Å². The number of likely N-dealkylation sites (N-methyl/N-ethyl adjacent to an activating group) is 1. The zero-order chi connectivity index (χ0) is 14.8. The summed E-state index contributed by atoms with van der Waals surface area (Å²) in [4.78, 5) is 16.8. The Morgan fingerprint density at radius 1 is 1.20 bits per heavy atom. The van der Waals surface area contributed by atoms with Gasteiger partial charge in [-0.3, -0.25) is 0 Å². The van der Waals surface area contributed by atoms with Crippen molar-refractivity contribution in [3.05, 3.63) is 5.28 Å². The number of halogens is 1. The van der Waals surface area contributed by atoms with Crippen LogP contribution in [0.2, 0.25) is 5.28 Å². The Hall–Kier alpha value is -1.14. The molecule has 2 rings (SSSR count). The van der Waals surface area contributed by atoms with Gasteiger partial charge in [0, 0.05) is 18.6 Å². The van der Waals surface area contributed by atoms with Crippen molar-refractivity contribution in [2.75, 3.05) is 38.7 Å². The van der Waals surface area contributed by atoms with Crippen LogP contribution in [-0.4, -0.2) is 59.2 Å². The number of rotatable bonds is 5. The molecule has 0 radical (unpaired) electrons. The van der Waals surface area contributed by atoms with Gasteiger partial charge in [0.1, 0.15) is 6.61 Å².